The fourth-order valence-electron chi connectivity index (χ4n) is 0. The van der Waals surface area contributed by atoms with E-state index >= 15 is 0 Å². The molecule has 0 unspecified atom stereocenters. The Labute approximate surface area is 51.6 Å². The van der Waals surface area contributed by atoms with Crippen LogP contribution in [0.15, 0.2) is 0 Å². The highest BCUT2D eigenvalue weighted by Crippen LogP contribution is 1.74. The van der Waals surface area contributed by atoms with Crippen molar-refractivity contribution in [1.82, 2.24) is 0 Å². The molecule has 0 aliphatic heterocycles. The first kappa shape index (κ1) is 9.76. The fourth-order valence-corrected chi connectivity index (χ4v) is 0. The molecule has 6 heavy (non-hydrogen) atoms. The average molecular weight is 228 g/mol. The summed E-state index contributed by atoms with van der Waals surface area (Å²) in [6, 6.07) is 0. The molecule has 0 saturated carbocycles. The third kappa shape index (κ3) is 179. The summed E-state index contributed by atoms with van der Waals surface area (Å²) >= 11 is 0. The predicted octanol–water partition coefficient (Wildman–Crippen LogP) is 0.377. The van der Waals surface area contributed by atoms with Crippen molar-refractivity contribution < 1.29 is 16.9 Å². The standard InChI is InChI=1S/FHO3S.HI/c1-5(2,3)4;/h(H,2,3,4);1H. The zero-order valence-corrected chi connectivity index (χ0v) is 5.61. The maximum atomic E-state index is 10.2. The van der Waals surface area contributed by atoms with Crippen LogP contribution in [0.25, 0.3) is 0 Å². The quantitative estimate of drug-likeness (QED) is 0.370. The van der Waals surface area contributed by atoms with Gasteiger partial charge in [-0.15, -0.1) is 24.0 Å². The molecular formula is H2FIO3S. The largest absolute Gasteiger partial charge is 0.435 e. The number of hydrogen-bond acceptors (Lipinski definition) is 2. The summed E-state index contributed by atoms with van der Waals surface area (Å²) in [5.41, 5.74) is 0. The number of hydrogen-bond donors (Lipinski definition) is 1. The summed E-state index contributed by atoms with van der Waals surface area (Å²) < 4.78 is 34.1. The van der Waals surface area contributed by atoms with E-state index in [1.54, 1.807) is 0 Å². The highest BCUT2D eigenvalue weighted by Gasteiger charge is 1.89. The molecule has 0 amide bonds. The second kappa shape index (κ2) is 2.69. The van der Waals surface area contributed by atoms with Crippen molar-refractivity contribution in [3.63, 3.8) is 0 Å². The van der Waals surface area contributed by atoms with Crippen LogP contribution in [0.4, 0.5) is 3.89 Å². The molecule has 0 fully saturated rings. The van der Waals surface area contributed by atoms with Gasteiger partial charge in [-0.3, -0.25) is 4.55 Å². The first-order valence-electron chi connectivity index (χ1n) is 0.670. The van der Waals surface area contributed by atoms with Gasteiger partial charge < -0.3 is 0 Å². The SMILES string of the molecule is I.O=S(=O)(O)F. The average Bonchev–Trinajstić information content (AvgIpc) is 0.722. The van der Waals surface area contributed by atoms with Crippen molar-refractivity contribution in [2.24, 2.45) is 0 Å². The molecule has 0 atom stereocenters. The van der Waals surface area contributed by atoms with Gasteiger partial charge in [-0.2, -0.15) is 8.42 Å². The van der Waals surface area contributed by atoms with Gasteiger partial charge in [-0.1, -0.05) is 3.89 Å². The Morgan fingerprint density at radius 1 is 1.50 bits per heavy atom. The van der Waals surface area contributed by atoms with Gasteiger partial charge in [0.15, 0.2) is 0 Å². The molecule has 0 aromatic rings. The summed E-state index contributed by atoms with van der Waals surface area (Å²) in [6.07, 6.45) is 0. The van der Waals surface area contributed by atoms with Gasteiger partial charge in [0.2, 0.25) is 0 Å². The lowest BCUT2D eigenvalue weighted by Crippen LogP contribution is -1.80. The Bertz CT molecular complexity index is 94.0. The van der Waals surface area contributed by atoms with E-state index in [9.17, 15) is 3.89 Å². The van der Waals surface area contributed by atoms with Crippen molar-refractivity contribution in [1.29, 1.82) is 0 Å². The molecule has 0 aromatic heterocycles. The monoisotopic (exact) mass is 228 g/mol. The Balaban J connectivity index is 0. The molecule has 0 radical (unpaired) electrons. The van der Waals surface area contributed by atoms with Crippen LogP contribution in [0.5, 0.6) is 0 Å². The zero-order valence-electron chi connectivity index (χ0n) is 2.46. The van der Waals surface area contributed by atoms with Crippen LogP contribution in [-0.4, -0.2) is 13.0 Å². The van der Waals surface area contributed by atoms with Crippen LogP contribution >= 0.6 is 24.0 Å². The molecule has 0 heterocycles. The third-order valence-electron chi connectivity index (χ3n) is 0. The summed E-state index contributed by atoms with van der Waals surface area (Å²) in [4.78, 5) is 0. The summed E-state index contributed by atoms with van der Waals surface area (Å²) in [6.45, 7) is 0. The number of halogens is 2. The van der Waals surface area contributed by atoms with E-state index in [1.165, 1.54) is 0 Å². The minimum Gasteiger partial charge on any atom is -0.260 e. The van der Waals surface area contributed by atoms with E-state index in [0.29, 0.717) is 0 Å². The maximum Gasteiger partial charge on any atom is 0.435 e. The molecule has 3 nitrogen and oxygen atoms in total. The molecule has 40 valence electrons. The molecule has 6 heteroatoms. The molecule has 0 aliphatic carbocycles. The Morgan fingerprint density at radius 2 is 1.50 bits per heavy atom. The van der Waals surface area contributed by atoms with Crippen LogP contribution in [0.2, 0.25) is 0 Å². The van der Waals surface area contributed by atoms with Crippen molar-refractivity contribution in [2.45, 2.75) is 0 Å². The van der Waals surface area contributed by atoms with E-state index in [0.717, 1.165) is 0 Å². The normalized spacial score (nSPS) is 9.67. The second-order valence-electron chi connectivity index (χ2n) is 0.412. The first-order chi connectivity index (χ1) is 2.00. The van der Waals surface area contributed by atoms with Crippen molar-refractivity contribution in [3.05, 3.63) is 0 Å². The van der Waals surface area contributed by atoms with Gasteiger partial charge >= 0.3 is 10.5 Å². The second-order valence-corrected chi connectivity index (χ2v) is 1.24. The van der Waals surface area contributed by atoms with E-state index in [-0.39, 0.29) is 24.0 Å². The summed E-state index contributed by atoms with van der Waals surface area (Å²) in [5.74, 6) is 0. The molecule has 1 N–H and O–H groups in total. The smallest absolute Gasteiger partial charge is 0.260 e. The van der Waals surface area contributed by atoms with E-state index in [1.807, 2.05) is 0 Å². The lowest BCUT2D eigenvalue weighted by molar-refractivity contribution is 0.435. The molecule has 0 aliphatic rings. The van der Waals surface area contributed by atoms with Gasteiger partial charge in [0.05, 0.1) is 0 Å². The van der Waals surface area contributed by atoms with Crippen LogP contribution in [0.1, 0.15) is 0 Å². The van der Waals surface area contributed by atoms with Gasteiger partial charge in [0.1, 0.15) is 0 Å². The van der Waals surface area contributed by atoms with Gasteiger partial charge in [-0.05, 0) is 0 Å². The Morgan fingerprint density at radius 3 is 1.50 bits per heavy atom. The fraction of sp³-hybridized carbons (Fsp3) is 0. The summed E-state index contributed by atoms with van der Waals surface area (Å²) in [7, 11) is -5.17. The minimum absolute atomic E-state index is 0. The van der Waals surface area contributed by atoms with Gasteiger partial charge in [0.25, 0.3) is 0 Å². The highest BCUT2D eigenvalue weighted by atomic mass is 127. The molecule has 0 saturated heterocycles. The van der Waals surface area contributed by atoms with Gasteiger partial charge in [0, 0.05) is 0 Å². The molecule has 0 bridgehead atoms. The van der Waals surface area contributed by atoms with Gasteiger partial charge in [-0.25, -0.2) is 0 Å². The minimum atomic E-state index is -5.17. The van der Waals surface area contributed by atoms with Crippen molar-refractivity contribution >= 4 is 34.5 Å². The zero-order chi connectivity index (χ0) is 4.50. The topological polar surface area (TPSA) is 54.4 Å². The first-order valence-corrected chi connectivity index (χ1v) is 2.01. The summed E-state index contributed by atoms with van der Waals surface area (Å²) in [5, 5.41) is 0. The molecule has 0 aromatic carbocycles. The van der Waals surface area contributed by atoms with E-state index < -0.39 is 10.5 Å². The number of rotatable bonds is 0. The van der Waals surface area contributed by atoms with Crippen molar-refractivity contribution in [2.75, 3.05) is 0 Å². The lowest BCUT2D eigenvalue weighted by Gasteiger charge is -1.63. The van der Waals surface area contributed by atoms with Crippen LogP contribution < -0.4 is 0 Å². The highest BCUT2D eigenvalue weighted by molar-refractivity contribution is 14.0. The molecule has 0 rings (SSSR count). The predicted molar refractivity (Wildman–Crippen MR) is 28.1 cm³/mol. The van der Waals surface area contributed by atoms with Crippen LogP contribution in [0.3, 0.4) is 0 Å². The Kier molecular flexibility index (Phi) is 4.38. The third-order valence-corrected chi connectivity index (χ3v) is 0. The molecule has 0 spiro atoms. The van der Waals surface area contributed by atoms with Crippen LogP contribution in [0, 0.1) is 0 Å². The van der Waals surface area contributed by atoms with Crippen molar-refractivity contribution in [3.8, 4) is 0 Å². The Hall–Kier alpha value is 0.570. The van der Waals surface area contributed by atoms with Crippen LogP contribution in [-0.2, 0) is 10.5 Å². The molecular weight excluding hydrogens is 226 g/mol. The van der Waals surface area contributed by atoms with E-state index in [4.69, 9.17) is 13.0 Å². The van der Waals surface area contributed by atoms with E-state index in [2.05, 4.69) is 0 Å². The maximum absolute atomic E-state index is 10.2. The lowest BCUT2D eigenvalue weighted by atomic mass is 15.9.